The molecule has 3 aromatic rings. The fourth-order valence-electron chi connectivity index (χ4n) is 3.46. The van der Waals surface area contributed by atoms with Crippen LogP contribution < -0.4 is 0 Å². The molecule has 5 nitrogen and oxygen atoms in total. The molecule has 0 bridgehead atoms. The van der Waals surface area contributed by atoms with Gasteiger partial charge < -0.3 is 0 Å². The average molecular weight is 426 g/mol. The van der Waals surface area contributed by atoms with Crippen LogP contribution >= 0.6 is 0 Å². The monoisotopic (exact) mass is 425 g/mol. The molecule has 0 saturated heterocycles. The Kier molecular flexibility index (Phi) is 7.10. The van der Waals surface area contributed by atoms with Gasteiger partial charge in [-0.3, -0.25) is 4.68 Å². The van der Waals surface area contributed by atoms with Gasteiger partial charge in [0.25, 0.3) is 0 Å². The molecule has 0 saturated carbocycles. The molecule has 0 radical (unpaired) electrons. The Labute approximate surface area is 180 Å². The zero-order valence-corrected chi connectivity index (χ0v) is 19.0. The van der Waals surface area contributed by atoms with Crippen LogP contribution in [0.2, 0.25) is 0 Å². The SMILES string of the molecule is CC(C)CN(CC(C)C)S(=O)(=O)c1cn(Cc2ccccc2)nc1-c1ccccc1. The third kappa shape index (κ3) is 5.37. The molecule has 3 rings (SSSR count). The zero-order chi connectivity index (χ0) is 21.7. The van der Waals surface area contributed by atoms with Gasteiger partial charge in [0.2, 0.25) is 10.0 Å². The van der Waals surface area contributed by atoms with Crippen LogP contribution in [0.5, 0.6) is 0 Å². The molecule has 2 aromatic carbocycles. The molecule has 0 amide bonds. The molecule has 0 spiro atoms. The van der Waals surface area contributed by atoms with E-state index in [-0.39, 0.29) is 16.7 Å². The van der Waals surface area contributed by atoms with Crippen LogP contribution in [0.15, 0.2) is 71.8 Å². The predicted octanol–water partition coefficient (Wildman–Crippen LogP) is 4.90. The summed E-state index contributed by atoms with van der Waals surface area (Å²) in [5.41, 5.74) is 2.38. The number of hydrogen-bond acceptors (Lipinski definition) is 3. The van der Waals surface area contributed by atoms with Crippen molar-refractivity contribution in [3.8, 4) is 11.3 Å². The number of hydrogen-bond donors (Lipinski definition) is 0. The summed E-state index contributed by atoms with van der Waals surface area (Å²) in [7, 11) is -3.69. The summed E-state index contributed by atoms with van der Waals surface area (Å²) in [6.07, 6.45) is 1.68. The summed E-state index contributed by atoms with van der Waals surface area (Å²) >= 11 is 0. The molecular weight excluding hydrogens is 394 g/mol. The third-order valence-corrected chi connectivity index (χ3v) is 6.55. The average Bonchev–Trinajstić information content (AvgIpc) is 3.13. The van der Waals surface area contributed by atoms with E-state index in [1.165, 1.54) is 0 Å². The van der Waals surface area contributed by atoms with Gasteiger partial charge in [0.15, 0.2) is 0 Å². The van der Waals surface area contributed by atoms with Crippen LogP contribution in [0.4, 0.5) is 0 Å². The fourth-order valence-corrected chi connectivity index (χ4v) is 5.39. The highest BCUT2D eigenvalue weighted by Crippen LogP contribution is 2.29. The Morgan fingerprint density at radius 1 is 0.867 bits per heavy atom. The summed E-state index contributed by atoms with van der Waals surface area (Å²) < 4.78 is 30.8. The first-order valence-electron chi connectivity index (χ1n) is 10.4. The van der Waals surface area contributed by atoms with Crippen molar-refractivity contribution < 1.29 is 8.42 Å². The zero-order valence-electron chi connectivity index (χ0n) is 18.2. The first-order valence-corrected chi connectivity index (χ1v) is 11.9. The Bertz CT molecular complexity index is 1030. The number of sulfonamides is 1. The van der Waals surface area contributed by atoms with Gasteiger partial charge in [0, 0.05) is 24.8 Å². The normalized spacial score (nSPS) is 12.2. The minimum atomic E-state index is -3.69. The second-order valence-corrected chi connectivity index (χ2v) is 10.4. The summed E-state index contributed by atoms with van der Waals surface area (Å²) in [6, 6.07) is 19.5. The van der Waals surface area contributed by atoms with Gasteiger partial charge in [-0.15, -0.1) is 0 Å². The van der Waals surface area contributed by atoms with Crippen molar-refractivity contribution in [3.05, 3.63) is 72.4 Å². The summed E-state index contributed by atoms with van der Waals surface area (Å²) in [5, 5.41) is 4.69. The lowest BCUT2D eigenvalue weighted by atomic mass is 10.2. The van der Waals surface area contributed by atoms with Crippen molar-refractivity contribution in [2.24, 2.45) is 11.8 Å². The van der Waals surface area contributed by atoms with E-state index in [9.17, 15) is 8.42 Å². The fraction of sp³-hybridized carbons (Fsp3) is 0.375. The summed E-state index contributed by atoms with van der Waals surface area (Å²) in [5.74, 6) is 0.469. The molecule has 0 N–H and O–H groups in total. The quantitative estimate of drug-likeness (QED) is 0.490. The van der Waals surface area contributed by atoms with Crippen molar-refractivity contribution in [1.82, 2.24) is 14.1 Å². The van der Waals surface area contributed by atoms with Gasteiger partial charge >= 0.3 is 0 Å². The highest BCUT2D eigenvalue weighted by Gasteiger charge is 2.31. The molecule has 0 unspecified atom stereocenters. The number of nitrogens with zero attached hydrogens (tertiary/aromatic N) is 3. The number of aromatic nitrogens is 2. The molecule has 0 aliphatic heterocycles. The van der Waals surface area contributed by atoms with Gasteiger partial charge in [-0.25, -0.2) is 8.42 Å². The largest absolute Gasteiger partial charge is 0.266 e. The lowest BCUT2D eigenvalue weighted by Gasteiger charge is -2.25. The number of benzene rings is 2. The maximum absolute atomic E-state index is 13.7. The Balaban J connectivity index is 2.08. The predicted molar refractivity (Wildman–Crippen MR) is 122 cm³/mol. The molecule has 0 aliphatic rings. The van der Waals surface area contributed by atoms with Gasteiger partial charge in [-0.05, 0) is 17.4 Å². The van der Waals surface area contributed by atoms with Gasteiger partial charge in [0.1, 0.15) is 10.6 Å². The first kappa shape index (κ1) is 22.2. The summed E-state index contributed by atoms with van der Waals surface area (Å²) in [4.78, 5) is 0.269. The minimum Gasteiger partial charge on any atom is -0.266 e. The van der Waals surface area contributed by atoms with Crippen LogP contribution in [0.25, 0.3) is 11.3 Å². The minimum absolute atomic E-state index is 0.234. The van der Waals surface area contributed by atoms with E-state index >= 15 is 0 Å². The lowest BCUT2D eigenvalue weighted by Crippen LogP contribution is -2.37. The Morgan fingerprint density at radius 2 is 1.40 bits per heavy atom. The standard InChI is InChI=1S/C24H31N3O2S/c1-19(2)15-27(16-20(3)4)30(28,29)23-18-26(17-21-11-7-5-8-12-21)25-24(23)22-13-9-6-10-14-22/h5-14,18-20H,15-17H2,1-4H3. The molecule has 160 valence electrons. The molecule has 1 heterocycles. The smallest absolute Gasteiger partial charge is 0.246 e. The van der Waals surface area contributed by atoms with E-state index in [4.69, 9.17) is 5.10 Å². The lowest BCUT2D eigenvalue weighted by molar-refractivity contribution is 0.333. The van der Waals surface area contributed by atoms with Gasteiger partial charge in [0.05, 0.1) is 6.54 Å². The van der Waals surface area contributed by atoms with Crippen LogP contribution in [0.3, 0.4) is 0 Å². The highest BCUT2D eigenvalue weighted by atomic mass is 32.2. The topological polar surface area (TPSA) is 55.2 Å². The van der Waals surface area contributed by atoms with Crippen molar-refractivity contribution in [2.75, 3.05) is 13.1 Å². The van der Waals surface area contributed by atoms with Crippen molar-refractivity contribution in [2.45, 2.75) is 39.1 Å². The van der Waals surface area contributed by atoms with Crippen molar-refractivity contribution >= 4 is 10.0 Å². The van der Waals surface area contributed by atoms with Crippen LogP contribution in [0.1, 0.15) is 33.3 Å². The summed E-state index contributed by atoms with van der Waals surface area (Å²) in [6.45, 7) is 9.65. The molecule has 0 aliphatic carbocycles. The molecule has 1 aromatic heterocycles. The molecular formula is C24H31N3O2S. The van der Waals surface area contributed by atoms with Crippen molar-refractivity contribution in [3.63, 3.8) is 0 Å². The van der Waals surface area contributed by atoms with Gasteiger partial charge in [-0.2, -0.15) is 9.40 Å². The van der Waals surface area contributed by atoms with E-state index in [2.05, 4.69) is 0 Å². The molecule has 0 atom stereocenters. The maximum atomic E-state index is 13.7. The van der Waals surface area contributed by atoms with Crippen LogP contribution in [-0.4, -0.2) is 35.6 Å². The third-order valence-electron chi connectivity index (χ3n) is 4.72. The first-order chi connectivity index (χ1) is 14.3. The van der Waals surface area contributed by atoms with Gasteiger partial charge in [-0.1, -0.05) is 88.4 Å². The van der Waals surface area contributed by atoms with Crippen LogP contribution in [0, 0.1) is 11.8 Å². The number of rotatable bonds is 9. The van der Waals surface area contributed by atoms with E-state index in [0.29, 0.717) is 25.3 Å². The molecule has 30 heavy (non-hydrogen) atoms. The Hall–Kier alpha value is -2.44. The second kappa shape index (κ2) is 9.58. The molecule has 6 heteroatoms. The highest BCUT2D eigenvalue weighted by molar-refractivity contribution is 7.89. The molecule has 0 fully saturated rings. The van der Waals surface area contributed by atoms with E-state index < -0.39 is 10.0 Å². The Morgan fingerprint density at radius 3 is 1.93 bits per heavy atom. The maximum Gasteiger partial charge on any atom is 0.246 e. The second-order valence-electron chi connectivity index (χ2n) is 8.50. The van der Waals surface area contributed by atoms with Crippen LogP contribution in [-0.2, 0) is 16.6 Å². The van der Waals surface area contributed by atoms with E-state index in [0.717, 1.165) is 11.1 Å². The van der Waals surface area contributed by atoms with E-state index in [1.807, 2.05) is 88.4 Å². The van der Waals surface area contributed by atoms with E-state index in [1.54, 1.807) is 15.2 Å². The van der Waals surface area contributed by atoms with Crippen molar-refractivity contribution in [1.29, 1.82) is 0 Å².